The second-order valence-electron chi connectivity index (χ2n) is 6.12. The number of fused-ring (bicyclic) bond motifs is 1. The molecule has 0 bridgehead atoms. The van der Waals surface area contributed by atoms with Crippen molar-refractivity contribution in [2.45, 2.75) is 38.3 Å². The summed E-state index contributed by atoms with van der Waals surface area (Å²) < 4.78 is 35.4. The maximum atomic E-state index is 11.0. The molecule has 0 spiro atoms. The fourth-order valence-corrected chi connectivity index (χ4v) is 4.54. The summed E-state index contributed by atoms with van der Waals surface area (Å²) in [6.07, 6.45) is 7.11. The number of aromatic nitrogens is 2. The van der Waals surface area contributed by atoms with Crippen molar-refractivity contribution in [2.24, 2.45) is 0 Å². The number of benzene rings is 1. The van der Waals surface area contributed by atoms with E-state index in [0.29, 0.717) is 17.9 Å². The van der Waals surface area contributed by atoms with E-state index in [2.05, 4.69) is 21.0 Å². The second kappa shape index (κ2) is 7.92. The molecule has 1 aromatic heterocycles. The predicted octanol–water partition coefficient (Wildman–Crippen LogP) is 4.06. The van der Waals surface area contributed by atoms with E-state index in [1.165, 1.54) is 0 Å². The molecular formula is C16H20BrClN2O4S. The van der Waals surface area contributed by atoms with E-state index >= 15 is 0 Å². The van der Waals surface area contributed by atoms with Crippen LogP contribution in [0, 0.1) is 0 Å². The van der Waals surface area contributed by atoms with Crippen molar-refractivity contribution in [3.05, 3.63) is 27.3 Å². The lowest BCUT2D eigenvalue weighted by Crippen LogP contribution is -2.19. The van der Waals surface area contributed by atoms with E-state index in [1.807, 2.05) is 16.9 Å². The van der Waals surface area contributed by atoms with Crippen LogP contribution < -0.4 is 0 Å². The van der Waals surface area contributed by atoms with Crippen molar-refractivity contribution < 1.29 is 17.3 Å². The molecule has 1 aromatic carbocycles. The van der Waals surface area contributed by atoms with Gasteiger partial charge in [-0.2, -0.15) is 13.5 Å². The van der Waals surface area contributed by atoms with E-state index < -0.39 is 10.1 Å². The van der Waals surface area contributed by atoms with Gasteiger partial charge < -0.3 is 4.74 Å². The molecule has 3 rings (SSSR count). The molecule has 0 aliphatic carbocycles. The number of ether oxygens (including phenoxy) is 1. The van der Waals surface area contributed by atoms with Gasteiger partial charge in [0.15, 0.2) is 6.23 Å². The van der Waals surface area contributed by atoms with Crippen LogP contribution in [0.1, 0.15) is 37.5 Å². The van der Waals surface area contributed by atoms with Crippen molar-refractivity contribution in [1.82, 2.24) is 9.78 Å². The summed E-state index contributed by atoms with van der Waals surface area (Å²) in [6, 6.07) is 1.90. The Labute approximate surface area is 160 Å². The standard InChI is InChI=1S/C16H20BrClN2O4S/c1-25(21,22)24-8-4-5-11-13(18)9-14-12(16(11)17)10-19-20(14)15-6-2-3-7-23-15/h9-10,15H,2-8H2,1H3. The van der Waals surface area contributed by atoms with E-state index in [1.54, 1.807) is 0 Å². The SMILES string of the molecule is CS(=O)(=O)OCCCc1c(Cl)cc2c(cnn2C2CCCCO2)c1Br. The van der Waals surface area contributed by atoms with Gasteiger partial charge >= 0.3 is 0 Å². The molecule has 1 saturated heterocycles. The van der Waals surface area contributed by atoms with Crippen LogP contribution in [-0.4, -0.2) is 37.7 Å². The van der Waals surface area contributed by atoms with E-state index in [9.17, 15) is 8.42 Å². The molecule has 0 N–H and O–H groups in total. The maximum Gasteiger partial charge on any atom is 0.264 e. The topological polar surface area (TPSA) is 70.4 Å². The van der Waals surface area contributed by atoms with Crippen molar-refractivity contribution >= 4 is 48.6 Å². The van der Waals surface area contributed by atoms with Gasteiger partial charge in [0.1, 0.15) is 0 Å². The molecule has 138 valence electrons. The number of hydrogen-bond donors (Lipinski definition) is 0. The van der Waals surface area contributed by atoms with E-state index in [0.717, 1.165) is 53.1 Å². The molecule has 2 heterocycles. The Kier molecular flexibility index (Phi) is 6.05. The Morgan fingerprint density at radius 2 is 2.28 bits per heavy atom. The summed E-state index contributed by atoms with van der Waals surface area (Å²) in [5.74, 6) is 0. The highest BCUT2D eigenvalue weighted by atomic mass is 79.9. The molecule has 1 atom stereocenters. The average molecular weight is 452 g/mol. The van der Waals surface area contributed by atoms with Crippen molar-refractivity contribution in [1.29, 1.82) is 0 Å². The second-order valence-corrected chi connectivity index (χ2v) is 8.97. The maximum absolute atomic E-state index is 11.0. The minimum atomic E-state index is -3.41. The van der Waals surface area contributed by atoms with Gasteiger partial charge in [0.05, 0.1) is 24.6 Å². The zero-order valence-corrected chi connectivity index (χ0v) is 17.0. The lowest BCUT2D eigenvalue weighted by Gasteiger charge is -2.23. The van der Waals surface area contributed by atoms with Gasteiger partial charge in [-0.05, 0) is 59.7 Å². The van der Waals surface area contributed by atoms with Crippen molar-refractivity contribution in [3.8, 4) is 0 Å². The van der Waals surface area contributed by atoms with Gasteiger partial charge in [0.2, 0.25) is 0 Å². The summed E-state index contributed by atoms with van der Waals surface area (Å²) in [5.41, 5.74) is 1.86. The molecule has 1 aliphatic rings. The Morgan fingerprint density at radius 1 is 1.48 bits per heavy atom. The molecule has 25 heavy (non-hydrogen) atoms. The van der Waals surface area contributed by atoms with Crippen molar-refractivity contribution in [2.75, 3.05) is 19.5 Å². The van der Waals surface area contributed by atoms with Crippen LogP contribution in [0.25, 0.3) is 10.9 Å². The smallest absolute Gasteiger partial charge is 0.264 e. The number of rotatable bonds is 6. The molecular weight excluding hydrogens is 432 g/mol. The van der Waals surface area contributed by atoms with Crippen molar-refractivity contribution in [3.63, 3.8) is 0 Å². The molecule has 1 fully saturated rings. The Hall–Kier alpha value is -0.670. The summed E-state index contributed by atoms with van der Waals surface area (Å²) in [6.45, 7) is 0.883. The van der Waals surface area contributed by atoms with Crippen LogP contribution in [0.5, 0.6) is 0 Å². The van der Waals surface area contributed by atoms with Gasteiger partial charge in [-0.3, -0.25) is 4.18 Å². The van der Waals surface area contributed by atoms with Gasteiger partial charge in [0, 0.05) is 21.5 Å². The highest BCUT2D eigenvalue weighted by molar-refractivity contribution is 9.10. The minimum Gasteiger partial charge on any atom is -0.356 e. The van der Waals surface area contributed by atoms with Crippen LogP contribution in [-0.2, 0) is 25.5 Å². The van der Waals surface area contributed by atoms with Crippen LogP contribution in [0.4, 0.5) is 0 Å². The quantitative estimate of drug-likeness (QED) is 0.489. The summed E-state index contributed by atoms with van der Waals surface area (Å²) in [4.78, 5) is 0. The highest BCUT2D eigenvalue weighted by Crippen LogP contribution is 2.36. The molecule has 1 aliphatic heterocycles. The van der Waals surface area contributed by atoms with Crippen LogP contribution >= 0.6 is 27.5 Å². The summed E-state index contributed by atoms with van der Waals surface area (Å²) in [5, 5.41) is 6.08. The highest BCUT2D eigenvalue weighted by Gasteiger charge is 2.21. The summed E-state index contributed by atoms with van der Waals surface area (Å²) >= 11 is 10.1. The summed E-state index contributed by atoms with van der Waals surface area (Å²) in [7, 11) is -3.41. The Bertz CT molecular complexity index is 863. The zero-order chi connectivity index (χ0) is 18.0. The van der Waals surface area contributed by atoms with E-state index in [-0.39, 0.29) is 12.8 Å². The third kappa shape index (κ3) is 4.54. The predicted molar refractivity (Wildman–Crippen MR) is 100 cm³/mol. The first-order valence-corrected chi connectivity index (χ1v) is 11.2. The molecule has 0 radical (unpaired) electrons. The first kappa shape index (κ1) is 19.1. The number of nitrogens with zero attached hydrogens (tertiary/aromatic N) is 2. The molecule has 2 aromatic rings. The average Bonchev–Trinajstić information content (AvgIpc) is 2.97. The van der Waals surface area contributed by atoms with Gasteiger partial charge in [-0.25, -0.2) is 4.68 Å². The normalized spacial score (nSPS) is 18.8. The fourth-order valence-electron chi connectivity index (χ4n) is 2.99. The van der Waals surface area contributed by atoms with Gasteiger partial charge in [-0.15, -0.1) is 0 Å². The number of hydrogen-bond acceptors (Lipinski definition) is 5. The monoisotopic (exact) mass is 450 g/mol. The lowest BCUT2D eigenvalue weighted by atomic mass is 10.1. The minimum absolute atomic E-state index is 0.0526. The Morgan fingerprint density at radius 3 is 2.96 bits per heavy atom. The lowest BCUT2D eigenvalue weighted by molar-refractivity contribution is -0.0366. The first-order chi connectivity index (χ1) is 11.9. The van der Waals surface area contributed by atoms with Crippen LogP contribution in [0.3, 0.4) is 0 Å². The van der Waals surface area contributed by atoms with Crippen LogP contribution in [0.2, 0.25) is 5.02 Å². The molecule has 1 unspecified atom stereocenters. The fraction of sp³-hybridized carbons (Fsp3) is 0.562. The number of halogens is 2. The van der Waals surface area contributed by atoms with Gasteiger partial charge in [0.25, 0.3) is 10.1 Å². The first-order valence-electron chi connectivity index (χ1n) is 8.17. The third-order valence-electron chi connectivity index (χ3n) is 4.18. The van der Waals surface area contributed by atoms with E-state index in [4.69, 9.17) is 20.5 Å². The van der Waals surface area contributed by atoms with Gasteiger partial charge in [-0.1, -0.05) is 11.6 Å². The molecule has 9 heteroatoms. The molecule has 0 saturated carbocycles. The molecule has 6 nitrogen and oxygen atoms in total. The molecule has 0 amide bonds. The van der Waals surface area contributed by atoms with Crippen LogP contribution in [0.15, 0.2) is 16.7 Å². The third-order valence-corrected chi connectivity index (χ3v) is 6.02. The largest absolute Gasteiger partial charge is 0.356 e. The zero-order valence-electron chi connectivity index (χ0n) is 13.9. The Balaban J connectivity index is 1.81.